The minimum atomic E-state index is 0.170. The number of carbonyl (C=O) groups excluding carboxylic acids is 1. The molecule has 1 saturated heterocycles. The second-order valence-electron chi connectivity index (χ2n) is 7.88. The number of methoxy groups -OCH3 is 2. The average Bonchev–Trinajstić information content (AvgIpc) is 2.85. The van der Waals surface area contributed by atoms with E-state index in [9.17, 15) is 4.79 Å². The molecule has 0 radical (unpaired) electrons. The van der Waals surface area contributed by atoms with Crippen LogP contribution in [0.2, 0.25) is 0 Å². The maximum absolute atomic E-state index is 12.7. The number of hydrogen-bond acceptors (Lipinski definition) is 6. The molecule has 4 rings (SSSR count). The first kappa shape index (κ1) is 21.6. The number of piperazine rings is 1. The normalized spacial score (nSPS) is 13.7. The molecule has 0 atom stereocenters. The summed E-state index contributed by atoms with van der Waals surface area (Å²) in [7, 11) is 3.23. The molecule has 2 heterocycles. The number of amides is 1. The van der Waals surface area contributed by atoms with E-state index in [4.69, 9.17) is 9.47 Å². The number of aromatic nitrogens is 2. The third kappa shape index (κ3) is 4.82. The van der Waals surface area contributed by atoms with Crippen LogP contribution in [0.25, 0.3) is 11.3 Å². The van der Waals surface area contributed by atoms with Gasteiger partial charge in [-0.25, -0.2) is 0 Å². The van der Waals surface area contributed by atoms with Gasteiger partial charge in [-0.1, -0.05) is 29.8 Å². The number of aryl methyl sites for hydroxylation is 1. The SMILES string of the molecule is COc1ccc(-c2ccc(N3CCN(C(=O)Cc4ccc(C)cc4)CC3)nn2)cc1OC. The van der Waals surface area contributed by atoms with Gasteiger partial charge in [-0.15, -0.1) is 10.2 Å². The highest BCUT2D eigenvalue weighted by Crippen LogP contribution is 2.31. The molecule has 0 saturated carbocycles. The molecule has 0 bridgehead atoms. The van der Waals surface area contributed by atoms with Crippen molar-refractivity contribution in [3.8, 4) is 22.8 Å². The number of nitrogens with zero attached hydrogens (tertiary/aromatic N) is 4. The van der Waals surface area contributed by atoms with Crippen molar-refractivity contribution in [2.45, 2.75) is 13.3 Å². The van der Waals surface area contributed by atoms with E-state index in [1.54, 1.807) is 14.2 Å². The summed E-state index contributed by atoms with van der Waals surface area (Å²) in [6, 6.07) is 17.8. The van der Waals surface area contributed by atoms with E-state index in [0.29, 0.717) is 31.0 Å². The molecule has 166 valence electrons. The van der Waals surface area contributed by atoms with Crippen molar-refractivity contribution in [3.05, 3.63) is 65.7 Å². The summed E-state index contributed by atoms with van der Waals surface area (Å²) in [5.74, 6) is 2.32. The molecule has 0 unspecified atom stereocenters. The van der Waals surface area contributed by atoms with Crippen molar-refractivity contribution >= 4 is 11.7 Å². The summed E-state index contributed by atoms with van der Waals surface area (Å²) in [4.78, 5) is 16.8. The minimum absolute atomic E-state index is 0.170. The average molecular weight is 433 g/mol. The molecule has 7 heteroatoms. The van der Waals surface area contributed by atoms with Crippen LogP contribution < -0.4 is 14.4 Å². The summed E-state index contributed by atoms with van der Waals surface area (Å²) in [5.41, 5.74) is 3.93. The van der Waals surface area contributed by atoms with Crippen molar-refractivity contribution < 1.29 is 14.3 Å². The zero-order chi connectivity index (χ0) is 22.5. The third-order valence-corrected chi connectivity index (χ3v) is 5.76. The maximum Gasteiger partial charge on any atom is 0.227 e. The zero-order valence-corrected chi connectivity index (χ0v) is 18.7. The topological polar surface area (TPSA) is 67.8 Å². The fourth-order valence-corrected chi connectivity index (χ4v) is 3.82. The van der Waals surface area contributed by atoms with Gasteiger partial charge in [0.05, 0.1) is 26.3 Å². The van der Waals surface area contributed by atoms with E-state index < -0.39 is 0 Å². The van der Waals surface area contributed by atoms with E-state index in [1.165, 1.54) is 5.56 Å². The van der Waals surface area contributed by atoms with Gasteiger partial charge < -0.3 is 19.3 Å². The summed E-state index contributed by atoms with van der Waals surface area (Å²) < 4.78 is 10.7. The summed E-state index contributed by atoms with van der Waals surface area (Å²) in [6.45, 7) is 4.90. The number of rotatable bonds is 6. The predicted octanol–water partition coefficient (Wildman–Crippen LogP) is 3.36. The van der Waals surface area contributed by atoms with Crippen LogP contribution in [0.3, 0.4) is 0 Å². The Morgan fingerprint density at radius 2 is 1.59 bits per heavy atom. The van der Waals surface area contributed by atoms with E-state index >= 15 is 0 Å². The highest BCUT2D eigenvalue weighted by Gasteiger charge is 2.22. The molecule has 1 fully saturated rings. The first-order valence-corrected chi connectivity index (χ1v) is 10.7. The van der Waals surface area contributed by atoms with Crippen LogP contribution in [0.15, 0.2) is 54.6 Å². The molecule has 2 aromatic carbocycles. The molecule has 0 N–H and O–H groups in total. The van der Waals surface area contributed by atoms with Crippen molar-refractivity contribution in [2.24, 2.45) is 0 Å². The number of benzene rings is 2. The molecule has 1 aliphatic heterocycles. The molecule has 3 aromatic rings. The Balaban J connectivity index is 1.36. The lowest BCUT2D eigenvalue weighted by Gasteiger charge is -2.35. The third-order valence-electron chi connectivity index (χ3n) is 5.76. The second kappa shape index (κ2) is 9.68. The number of anilines is 1. The molecule has 1 amide bonds. The summed E-state index contributed by atoms with van der Waals surface area (Å²) in [5, 5.41) is 8.83. The van der Waals surface area contributed by atoms with Gasteiger partial charge in [0.2, 0.25) is 5.91 Å². The Bertz CT molecular complexity index is 1060. The molecule has 0 aliphatic carbocycles. The van der Waals surface area contributed by atoms with Crippen LogP contribution in [-0.2, 0) is 11.2 Å². The standard InChI is InChI=1S/C25H28N4O3/c1-18-4-6-19(7-5-18)16-25(30)29-14-12-28(13-15-29)24-11-9-21(26-27-24)20-8-10-22(31-2)23(17-20)32-3/h4-11,17H,12-16H2,1-3H3. The van der Waals surface area contributed by atoms with Crippen LogP contribution in [0.1, 0.15) is 11.1 Å². The number of carbonyl (C=O) groups is 1. The van der Waals surface area contributed by atoms with E-state index in [0.717, 1.165) is 35.7 Å². The van der Waals surface area contributed by atoms with Gasteiger partial charge in [0.25, 0.3) is 0 Å². The lowest BCUT2D eigenvalue weighted by molar-refractivity contribution is -0.130. The van der Waals surface area contributed by atoms with Gasteiger partial charge in [0.1, 0.15) is 0 Å². The second-order valence-corrected chi connectivity index (χ2v) is 7.88. The molecule has 0 spiro atoms. The first-order valence-electron chi connectivity index (χ1n) is 10.7. The van der Waals surface area contributed by atoms with Gasteiger partial charge >= 0.3 is 0 Å². The number of hydrogen-bond donors (Lipinski definition) is 0. The Kier molecular flexibility index (Phi) is 6.54. The fourth-order valence-electron chi connectivity index (χ4n) is 3.82. The smallest absolute Gasteiger partial charge is 0.227 e. The van der Waals surface area contributed by atoms with Gasteiger partial charge in [-0.05, 0) is 42.8 Å². The highest BCUT2D eigenvalue weighted by molar-refractivity contribution is 5.79. The van der Waals surface area contributed by atoms with E-state index in [2.05, 4.69) is 15.1 Å². The minimum Gasteiger partial charge on any atom is -0.493 e. The molecule has 1 aromatic heterocycles. The van der Waals surface area contributed by atoms with Crippen LogP contribution in [0.4, 0.5) is 5.82 Å². The monoisotopic (exact) mass is 432 g/mol. The summed E-state index contributed by atoms with van der Waals surface area (Å²) in [6.07, 6.45) is 0.445. The van der Waals surface area contributed by atoms with E-state index in [-0.39, 0.29) is 5.91 Å². The van der Waals surface area contributed by atoms with Crippen LogP contribution in [0, 0.1) is 6.92 Å². The predicted molar refractivity (Wildman–Crippen MR) is 124 cm³/mol. The highest BCUT2D eigenvalue weighted by atomic mass is 16.5. The van der Waals surface area contributed by atoms with Crippen LogP contribution in [-0.4, -0.2) is 61.4 Å². The summed E-state index contributed by atoms with van der Waals surface area (Å²) >= 11 is 0. The van der Waals surface area contributed by atoms with Gasteiger partial charge in [-0.3, -0.25) is 4.79 Å². The quantitative estimate of drug-likeness (QED) is 0.595. The van der Waals surface area contributed by atoms with Crippen molar-refractivity contribution in [2.75, 3.05) is 45.3 Å². The molecular formula is C25H28N4O3. The Labute approximate surface area is 188 Å². The first-order chi connectivity index (χ1) is 15.6. The van der Waals surface area contributed by atoms with E-state index in [1.807, 2.05) is 66.4 Å². The van der Waals surface area contributed by atoms with Crippen LogP contribution in [0.5, 0.6) is 11.5 Å². The largest absolute Gasteiger partial charge is 0.493 e. The lowest BCUT2D eigenvalue weighted by atomic mass is 10.1. The molecule has 7 nitrogen and oxygen atoms in total. The van der Waals surface area contributed by atoms with Crippen molar-refractivity contribution in [3.63, 3.8) is 0 Å². The molecular weight excluding hydrogens is 404 g/mol. The lowest BCUT2D eigenvalue weighted by Crippen LogP contribution is -2.49. The van der Waals surface area contributed by atoms with Gasteiger partial charge in [0, 0.05) is 31.7 Å². The Hall–Kier alpha value is -3.61. The maximum atomic E-state index is 12.7. The number of ether oxygens (including phenoxy) is 2. The van der Waals surface area contributed by atoms with Crippen molar-refractivity contribution in [1.82, 2.24) is 15.1 Å². The van der Waals surface area contributed by atoms with Crippen molar-refractivity contribution in [1.29, 1.82) is 0 Å². The fraction of sp³-hybridized carbons (Fsp3) is 0.320. The Morgan fingerprint density at radius 3 is 2.22 bits per heavy atom. The molecule has 1 aliphatic rings. The van der Waals surface area contributed by atoms with Gasteiger partial charge in [-0.2, -0.15) is 0 Å². The Morgan fingerprint density at radius 1 is 0.875 bits per heavy atom. The molecule has 32 heavy (non-hydrogen) atoms. The zero-order valence-electron chi connectivity index (χ0n) is 18.7. The van der Waals surface area contributed by atoms with Crippen LogP contribution >= 0.6 is 0 Å². The van der Waals surface area contributed by atoms with Gasteiger partial charge in [0.15, 0.2) is 17.3 Å².